The molecule has 21 heavy (non-hydrogen) atoms. The molecule has 0 radical (unpaired) electrons. The molecular weight excluding hydrogens is 312 g/mol. The highest BCUT2D eigenvalue weighted by atomic mass is 35.5. The molecule has 0 fully saturated rings. The summed E-state index contributed by atoms with van der Waals surface area (Å²) in [4.78, 5) is 3.74. The topological polar surface area (TPSA) is 68.3 Å². The minimum absolute atomic E-state index is 0.0404. The first-order valence-corrected chi connectivity index (χ1v) is 8.07. The number of hydrogen-bond donors (Lipinski definition) is 1. The Bertz CT molecular complexity index is 735. The van der Waals surface area contributed by atoms with Crippen LogP contribution in [0.15, 0.2) is 47.5 Å². The number of sulfonamides is 1. The second-order valence-electron chi connectivity index (χ2n) is 4.41. The molecule has 1 aromatic heterocycles. The SMILES string of the molecule is COc1cccc(C(C)NS(=O)(=O)c2cccnc2Cl)c1. The van der Waals surface area contributed by atoms with Crippen LogP contribution in [0.2, 0.25) is 5.15 Å². The fourth-order valence-electron chi connectivity index (χ4n) is 1.85. The average Bonchev–Trinajstić information content (AvgIpc) is 2.47. The van der Waals surface area contributed by atoms with E-state index in [0.29, 0.717) is 5.75 Å². The van der Waals surface area contributed by atoms with Crippen LogP contribution in [0.3, 0.4) is 0 Å². The highest BCUT2D eigenvalue weighted by Crippen LogP contribution is 2.23. The summed E-state index contributed by atoms with van der Waals surface area (Å²) in [5, 5.41) is -0.0529. The van der Waals surface area contributed by atoms with E-state index < -0.39 is 16.1 Å². The number of hydrogen-bond acceptors (Lipinski definition) is 4. The lowest BCUT2D eigenvalue weighted by molar-refractivity contribution is 0.413. The normalized spacial score (nSPS) is 12.9. The predicted molar refractivity (Wildman–Crippen MR) is 81.0 cm³/mol. The summed E-state index contributed by atoms with van der Waals surface area (Å²) in [5.74, 6) is 0.665. The zero-order chi connectivity index (χ0) is 15.5. The van der Waals surface area contributed by atoms with Crippen molar-refractivity contribution >= 4 is 21.6 Å². The van der Waals surface area contributed by atoms with Gasteiger partial charge in [0.1, 0.15) is 15.8 Å². The maximum atomic E-state index is 12.3. The molecule has 0 saturated heterocycles. The number of rotatable bonds is 5. The smallest absolute Gasteiger partial charge is 0.244 e. The molecule has 0 aliphatic rings. The summed E-state index contributed by atoms with van der Waals surface area (Å²) < 4.78 is 32.4. The van der Waals surface area contributed by atoms with Gasteiger partial charge in [-0.15, -0.1) is 0 Å². The Morgan fingerprint density at radius 3 is 2.71 bits per heavy atom. The second-order valence-corrected chi connectivity index (χ2v) is 6.45. The third-order valence-corrected chi connectivity index (χ3v) is 4.93. The summed E-state index contributed by atoms with van der Waals surface area (Å²) in [6, 6.07) is 9.70. The van der Waals surface area contributed by atoms with Gasteiger partial charge in [0.05, 0.1) is 7.11 Å². The number of pyridine rings is 1. The van der Waals surface area contributed by atoms with Crippen LogP contribution in [-0.2, 0) is 10.0 Å². The first-order chi connectivity index (χ1) is 9.94. The number of nitrogens with one attached hydrogen (secondary N) is 1. The molecule has 0 saturated carbocycles. The zero-order valence-electron chi connectivity index (χ0n) is 11.6. The molecular formula is C14H15ClN2O3S. The predicted octanol–water partition coefficient (Wildman–Crippen LogP) is 2.78. The lowest BCUT2D eigenvalue weighted by atomic mass is 10.1. The summed E-state index contributed by atoms with van der Waals surface area (Å²) in [6.45, 7) is 1.75. The van der Waals surface area contributed by atoms with Gasteiger partial charge >= 0.3 is 0 Å². The van der Waals surface area contributed by atoms with Gasteiger partial charge in [-0.2, -0.15) is 0 Å². The van der Waals surface area contributed by atoms with E-state index in [2.05, 4.69) is 9.71 Å². The molecule has 5 nitrogen and oxygen atoms in total. The Hall–Kier alpha value is -1.63. The van der Waals surface area contributed by atoms with Gasteiger partial charge < -0.3 is 4.74 Å². The summed E-state index contributed by atoms with van der Waals surface area (Å²) in [6.07, 6.45) is 1.44. The van der Waals surface area contributed by atoms with E-state index in [-0.39, 0.29) is 10.0 Å². The van der Waals surface area contributed by atoms with Gasteiger partial charge in [-0.3, -0.25) is 0 Å². The average molecular weight is 327 g/mol. The summed E-state index contributed by atoms with van der Waals surface area (Å²) >= 11 is 5.84. The van der Waals surface area contributed by atoms with E-state index in [4.69, 9.17) is 16.3 Å². The number of aromatic nitrogens is 1. The molecule has 1 aromatic carbocycles. The van der Waals surface area contributed by atoms with Crippen molar-refractivity contribution < 1.29 is 13.2 Å². The van der Waals surface area contributed by atoms with E-state index in [1.165, 1.54) is 18.3 Å². The minimum Gasteiger partial charge on any atom is -0.497 e. The van der Waals surface area contributed by atoms with Gasteiger partial charge in [0, 0.05) is 12.2 Å². The molecule has 2 rings (SSSR count). The molecule has 1 N–H and O–H groups in total. The van der Waals surface area contributed by atoms with Crippen molar-refractivity contribution in [2.24, 2.45) is 0 Å². The van der Waals surface area contributed by atoms with Crippen LogP contribution >= 0.6 is 11.6 Å². The molecule has 7 heteroatoms. The Kier molecular flexibility index (Phi) is 4.82. The van der Waals surface area contributed by atoms with Crippen LogP contribution < -0.4 is 9.46 Å². The Morgan fingerprint density at radius 2 is 2.05 bits per heavy atom. The maximum Gasteiger partial charge on any atom is 0.244 e. The second kappa shape index (κ2) is 6.43. The molecule has 0 bridgehead atoms. The van der Waals surface area contributed by atoms with E-state index in [9.17, 15) is 8.42 Å². The van der Waals surface area contributed by atoms with Crippen LogP contribution in [0, 0.1) is 0 Å². The van der Waals surface area contributed by atoms with Crippen LogP contribution in [0.4, 0.5) is 0 Å². The van der Waals surface area contributed by atoms with E-state index in [1.54, 1.807) is 32.2 Å². The van der Waals surface area contributed by atoms with E-state index in [1.807, 2.05) is 6.07 Å². The van der Waals surface area contributed by atoms with Crippen molar-refractivity contribution in [3.63, 3.8) is 0 Å². The number of nitrogens with zero attached hydrogens (tertiary/aromatic N) is 1. The molecule has 0 aliphatic carbocycles. The van der Waals surface area contributed by atoms with Crippen molar-refractivity contribution in [2.75, 3.05) is 7.11 Å². The van der Waals surface area contributed by atoms with Crippen LogP contribution in [-0.4, -0.2) is 20.5 Å². The first-order valence-electron chi connectivity index (χ1n) is 6.21. The molecule has 1 heterocycles. The number of benzene rings is 1. The van der Waals surface area contributed by atoms with Gasteiger partial charge in [-0.05, 0) is 36.8 Å². The minimum atomic E-state index is -3.74. The quantitative estimate of drug-likeness (QED) is 0.858. The lowest BCUT2D eigenvalue weighted by Gasteiger charge is -2.15. The third kappa shape index (κ3) is 3.72. The van der Waals surface area contributed by atoms with Gasteiger partial charge in [-0.25, -0.2) is 18.1 Å². The third-order valence-electron chi connectivity index (χ3n) is 2.94. The highest BCUT2D eigenvalue weighted by Gasteiger charge is 2.21. The largest absolute Gasteiger partial charge is 0.497 e. The van der Waals surface area contributed by atoms with Crippen molar-refractivity contribution in [2.45, 2.75) is 17.9 Å². The highest BCUT2D eigenvalue weighted by molar-refractivity contribution is 7.89. The molecule has 1 unspecified atom stereocenters. The molecule has 0 spiro atoms. The van der Waals surface area contributed by atoms with Crippen molar-refractivity contribution in [1.82, 2.24) is 9.71 Å². The van der Waals surface area contributed by atoms with Crippen LogP contribution in [0.1, 0.15) is 18.5 Å². The van der Waals surface area contributed by atoms with Gasteiger partial charge in [-0.1, -0.05) is 23.7 Å². The Balaban J connectivity index is 2.26. The van der Waals surface area contributed by atoms with Crippen molar-refractivity contribution in [3.8, 4) is 5.75 Å². The molecule has 0 amide bonds. The van der Waals surface area contributed by atoms with Crippen LogP contribution in [0.5, 0.6) is 5.75 Å². The van der Waals surface area contributed by atoms with E-state index >= 15 is 0 Å². The zero-order valence-corrected chi connectivity index (χ0v) is 13.1. The Morgan fingerprint density at radius 1 is 1.29 bits per heavy atom. The van der Waals surface area contributed by atoms with Gasteiger partial charge in [0.15, 0.2) is 0 Å². The van der Waals surface area contributed by atoms with Crippen molar-refractivity contribution in [1.29, 1.82) is 0 Å². The standard InChI is InChI=1S/C14H15ClN2O3S/c1-10(11-5-3-6-12(9-11)20-2)17-21(18,19)13-7-4-8-16-14(13)15/h3-10,17H,1-2H3. The fourth-order valence-corrected chi connectivity index (χ4v) is 3.53. The lowest BCUT2D eigenvalue weighted by Crippen LogP contribution is -2.27. The Labute approximate surface area is 129 Å². The molecule has 1 atom stereocenters. The summed E-state index contributed by atoms with van der Waals surface area (Å²) in [5.41, 5.74) is 0.790. The number of ether oxygens (including phenoxy) is 1. The molecule has 2 aromatic rings. The fraction of sp³-hybridized carbons (Fsp3) is 0.214. The van der Waals surface area contributed by atoms with E-state index in [0.717, 1.165) is 5.56 Å². The molecule has 0 aliphatic heterocycles. The van der Waals surface area contributed by atoms with Gasteiger partial charge in [0.2, 0.25) is 10.0 Å². The maximum absolute atomic E-state index is 12.3. The molecule has 112 valence electrons. The first kappa shape index (κ1) is 15.8. The van der Waals surface area contributed by atoms with Gasteiger partial charge in [0.25, 0.3) is 0 Å². The number of methoxy groups -OCH3 is 1. The van der Waals surface area contributed by atoms with Crippen molar-refractivity contribution in [3.05, 3.63) is 53.3 Å². The van der Waals surface area contributed by atoms with Crippen LogP contribution in [0.25, 0.3) is 0 Å². The summed E-state index contributed by atoms with van der Waals surface area (Å²) in [7, 11) is -2.18. The monoisotopic (exact) mass is 326 g/mol. The number of halogens is 1.